The van der Waals surface area contributed by atoms with Crippen molar-refractivity contribution in [1.82, 2.24) is 0 Å². The van der Waals surface area contributed by atoms with Crippen molar-refractivity contribution in [3.8, 4) is 0 Å². The maximum absolute atomic E-state index is 11.7. The van der Waals surface area contributed by atoms with E-state index < -0.39 is 6.72 Å². The Hall–Kier alpha value is 0.280. The standard InChI is InChI=1S/C9H10Cl3O2P/c1-2-14-15(12,13)6-7-3-4-8(10)5-9(7)11/h3-5H,2,6H2,1H3. The summed E-state index contributed by atoms with van der Waals surface area (Å²) in [6.07, 6.45) is 0.110. The Bertz CT molecular complexity index is 395. The fourth-order valence-corrected chi connectivity index (χ4v) is 3.50. The van der Waals surface area contributed by atoms with Crippen LogP contribution in [0.3, 0.4) is 0 Å². The first-order chi connectivity index (χ1) is 6.94. The van der Waals surface area contributed by atoms with Gasteiger partial charge in [-0.3, -0.25) is 4.57 Å². The van der Waals surface area contributed by atoms with Crippen molar-refractivity contribution in [2.75, 3.05) is 6.61 Å². The van der Waals surface area contributed by atoms with Crippen molar-refractivity contribution < 1.29 is 9.09 Å². The van der Waals surface area contributed by atoms with E-state index in [1.165, 1.54) is 0 Å². The van der Waals surface area contributed by atoms with Gasteiger partial charge in [-0.25, -0.2) is 0 Å². The Kier molecular flexibility index (Phi) is 4.95. The van der Waals surface area contributed by atoms with Crippen LogP contribution in [0.25, 0.3) is 0 Å². The second-order valence-corrected chi connectivity index (χ2v) is 7.05. The van der Waals surface area contributed by atoms with Crippen LogP contribution in [0, 0.1) is 0 Å². The molecule has 0 heterocycles. The van der Waals surface area contributed by atoms with Gasteiger partial charge < -0.3 is 4.52 Å². The van der Waals surface area contributed by atoms with Crippen LogP contribution >= 0.6 is 41.2 Å². The molecule has 0 saturated carbocycles. The van der Waals surface area contributed by atoms with Gasteiger partial charge in [-0.1, -0.05) is 29.3 Å². The summed E-state index contributed by atoms with van der Waals surface area (Å²) in [5, 5.41) is 0.979. The zero-order valence-electron chi connectivity index (χ0n) is 8.04. The SMILES string of the molecule is CCOP(=O)(Cl)Cc1ccc(Cl)cc1Cl. The van der Waals surface area contributed by atoms with Crippen LogP contribution in [0.1, 0.15) is 12.5 Å². The van der Waals surface area contributed by atoms with Gasteiger partial charge in [-0.2, -0.15) is 0 Å². The molecule has 0 aliphatic carbocycles. The Balaban J connectivity index is 2.85. The van der Waals surface area contributed by atoms with Gasteiger partial charge in [0.05, 0.1) is 12.8 Å². The van der Waals surface area contributed by atoms with E-state index in [0.717, 1.165) is 0 Å². The van der Waals surface area contributed by atoms with Crippen LogP contribution in [0.15, 0.2) is 18.2 Å². The monoisotopic (exact) mass is 286 g/mol. The second kappa shape index (κ2) is 5.56. The van der Waals surface area contributed by atoms with Crippen LogP contribution in [0.2, 0.25) is 10.0 Å². The van der Waals surface area contributed by atoms with Gasteiger partial charge in [0.2, 0.25) is 0 Å². The number of rotatable bonds is 4. The smallest absolute Gasteiger partial charge is 0.294 e. The topological polar surface area (TPSA) is 26.3 Å². The van der Waals surface area contributed by atoms with Gasteiger partial charge >= 0.3 is 0 Å². The summed E-state index contributed by atoms with van der Waals surface area (Å²) < 4.78 is 16.6. The Morgan fingerprint density at radius 2 is 2.07 bits per heavy atom. The van der Waals surface area contributed by atoms with Crippen molar-refractivity contribution in [2.24, 2.45) is 0 Å². The first-order valence-electron chi connectivity index (χ1n) is 4.32. The maximum atomic E-state index is 11.7. The quantitative estimate of drug-likeness (QED) is 0.731. The summed E-state index contributed by atoms with van der Waals surface area (Å²) in [7, 11) is 0. The number of hydrogen-bond donors (Lipinski definition) is 0. The molecule has 0 radical (unpaired) electrons. The van der Waals surface area contributed by atoms with E-state index in [1.54, 1.807) is 25.1 Å². The van der Waals surface area contributed by atoms with E-state index in [4.69, 9.17) is 39.0 Å². The highest BCUT2D eigenvalue weighted by Crippen LogP contribution is 2.55. The molecule has 2 nitrogen and oxygen atoms in total. The lowest BCUT2D eigenvalue weighted by atomic mass is 10.2. The molecule has 6 heteroatoms. The minimum absolute atomic E-state index is 0.110. The lowest BCUT2D eigenvalue weighted by Crippen LogP contribution is -1.90. The van der Waals surface area contributed by atoms with E-state index in [2.05, 4.69) is 0 Å². The van der Waals surface area contributed by atoms with Crippen molar-refractivity contribution in [3.05, 3.63) is 33.8 Å². The minimum atomic E-state index is -3.11. The van der Waals surface area contributed by atoms with Crippen LogP contribution in [0.4, 0.5) is 0 Å². The second-order valence-electron chi connectivity index (χ2n) is 2.90. The molecule has 1 aromatic rings. The highest BCUT2D eigenvalue weighted by atomic mass is 35.7. The van der Waals surface area contributed by atoms with Crippen molar-refractivity contribution in [3.63, 3.8) is 0 Å². The largest absolute Gasteiger partial charge is 0.318 e. The number of halogens is 3. The molecular weight excluding hydrogens is 277 g/mol. The summed E-state index contributed by atoms with van der Waals surface area (Å²) in [5.41, 5.74) is 0.674. The normalized spacial score (nSPS) is 14.9. The number of hydrogen-bond acceptors (Lipinski definition) is 2. The fourth-order valence-electron chi connectivity index (χ4n) is 1.09. The fraction of sp³-hybridized carbons (Fsp3) is 0.333. The summed E-state index contributed by atoms with van der Waals surface area (Å²) >= 11 is 17.4. The van der Waals surface area contributed by atoms with Crippen molar-refractivity contribution in [2.45, 2.75) is 13.1 Å². The molecule has 0 fully saturated rings. The minimum Gasteiger partial charge on any atom is -0.318 e. The molecule has 0 saturated heterocycles. The third-order valence-corrected chi connectivity index (χ3v) is 4.30. The third-order valence-electron chi connectivity index (χ3n) is 1.70. The molecule has 1 atom stereocenters. The first kappa shape index (κ1) is 13.3. The Labute approximate surface area is 104 Å². The molecule has 0 bridgehead atoms. The molecule has 15 heavy (non-hydrogen) atoms. The predicted molar refractivity (Wildman–Crippen MR) is 65.3 cm³/mol. The average Bonchev–Trinajstić information content (AvgIpc) is 2.09. The molecule has 84 valence electrons. The van der Waals surface area contributed by atoms with E-state index in [-0.39, 0.29) is 6.16 Å². The molecular formula is C9H10Cl3O2P. The third kappa shape index (κ3) is 4.34. The molecule has 0 spiro atoms. The average molecular weight is 288 g/mol. The lowest BCUT2D eigenvalue weighted by Gasteiger charge is -2.11. The molecule has 0 N–H and O–H groups in total. The molecule has 0 aromatic heterocycles. The lowest BCUT2D eigenvalue weighted by molar-refractivity contribution is 0.344. The summed E-state index contributed by atoms with van der Waals surface area (Å²) in [4.78, 5) is 0. The Morgan fingerprint density at radius 3 is 2.60 bits per heavy atom. The first-order valence-corrected chi connectivity index (χ1v) is 7.79. The van der Waals surface area contributed by atoms with Crippen LogP contribution in [-0.4, -0.2) is 6.61 Å². The maximum Gasteiger partial charge on any atom is 0.294 e. The molecule has 1 unspecified atom stereocenters. The Morgan fingerprint density at radius 1 is 1.40 bits per heavy atom. The van der Waals surface area contributed by atoms with Crippen molar-refractivity contribution >= 4 is 41.2 Å². The highest BCUT2D eigenvalue weighted by Gasteiger charge is 2.20. The highest BCUT2D eigenvalue weighted by molar-refractivity contribution is 7.84. The zero-order chi connectivity index (χ0) is 11.5. The van der Waals surface area contributed by atoms with Gasteiger partial charge in [0, 0.05) is 10.0 Å². The van der Waals surface area contributed by atoms with E-state index in [0.29, 0.717) is 22.2 Å². The van der Waals surface area contributed by atoms with Gasteiger partial charge in [-0.15, -0.1) is 0 Å². The van der Waals surface area contributed by atoms with Gasteiger partial charge in [0.1, 0.15) is 0 Å². The molecule has 1 aromatic carbocycles. The van der Waals surface area contributed by atoms with E-state index in [1.807, 2.05) is 0 Å². The van der Waals surface area contributed by atoms with Crippen molar-refractivity contribution in [1.29, 1.82) is 0 Å². The molecule has 0 aliphatic rings. The van der Waals surface area contributed by atoms with Crippen LogP contribution < -0.4 is 0 Å². The van der Waals surface area contributed by atoms with Gasteiger partial charge in [-0.05, 0) is 35.9 Å². The van der Waals surface area contributed by atoms with Crippen LogP contribution in [-0.2, 0) is 15.3 Å². The van der Waals surface area contributed by atoms with E-state index in [9.17, 15) is 4.57 Å². The van der Waals surface area contributed by atoms with E-state index >= 15 is 0 Å². The zero-order valence-corrected chi connectivity index (χ0v) is 11.2. The number of benzene rings is 1. The van der Waals surface area contributed by atoms with Gasteiger partial charge in [0.15, 0.2) is 0 Å². The summed E-state index contributed by atoms with van der Waals surface area (Å²) in [5.74, 6) is 0. The molecule has 1 rings (SSSR count). The summed E-state index contributed by atoms with van der Waals surface area (Å²) in [6, 6.07) is 4.95. The molecule has 0 aliphatic heterocycles. The summed E-state index contributed by atoms with van der Waals surface area (Å²) in [6.45, 7) is -1.07. The van der Waals surface area contributed by atoms with Gasteiger partial charge in [0.25, 0.3) is 6.72 Å². The predicted octanol–water partition coefficient (Wildman–Crippen LogP) is 4.96. The molecule has 0 amide bonds. The van der Waals surface area contributed by atoms with Crippen LogP contribution in [0.5, 0.6) is 0 Å².